The van der Waals surface area contributed by atoms with Gasteiger partial charge in [0.1, 0.15) is 36.8 Å². The second-order valence-corrected chi connectivity index (χ2v) is 17.6. The van der Waals surface area contributed by atoms with Gasteiger partial charge in [0.2, 0.25) is 0 Å². The van der Waals surface area contributed by atoms with Gasteiger partial charge in [0.05, 0.1) is 6.61 Å². The molecule has 0 radical (unpaired) electrons. The Bertz CT molecular complexity index is 1240. The maximum Gasteiger partial charge on any atom is 0.306 e. The number of aliphatic hydroxyl groups is 3. The van der Waals surface area contributed by atoms with Crippen molar-refractivity contribution in [1.82, 2.24) is 0 Å². The molecule has 13 heteroatoms. The van der Waals surface area contributed by atoms with E-state index in [2.05, 4.69) is 50.3 Å². The summed E-state index contributed by atoms with van der Waals surface area (Å²) in [6, 6.07) is 0. The average Bonchev–Trinajstić information content (AvgIpc) is 3.20. The van der Waals surface area contributed by atoms with E-state index in [1.807, 2.05) is 0 Å². The molecule has 344 valence electrons. The molecule has 0 aromatic heterocycles. The summed E-state index contributed by atoms with van der Waals surface area (Å²) >= 11 is 0. The van der Waals surface area contributed by atoms with Crippen molar-refractivity contribution in [1.29, 1.82) is 0 Å². The molecule has 1 rings (SSSR count). The standard InChI is InChI=1S/C46H82O12S/c1-3-5-7-9-11-13-15-17-19-21-23-25-27-29-31-33-35-42(48)57-39(37-56-46-45(51)44(50)43(49)40(58-46)38-59(52,53)54)36-55-41(47)34-32-30-28-26-24-22-20-18-16-14-12-10-8-6-4-2/h13,15,18-21,39-40,43-46,49-51H,3-12,14,16-17,22-38H2,1-2H3,(H,52,53,54)/b15-13-,20-18-,21-19-. The van der Waals surface area contributed by atoms with Gasteiger partial charge in [-0.05, 0) is 70.6 Å². The second-order valence-electron chi connectivity index (χ2n) is 16.1. The van der Waals surface area contributed by atoms with Gasteiger partial charge in [-0.3, -0.25) is 14.1 Å². The van der Waals surface area contributed by atoms with Crippen LogP contribution >= 0.6 is 0 Å². The van der Waals surface area contributed by atoms with Crippen molar-refractivity contribution in [2.45, 2.75) is 224 Å². The van der Waals surface area contributed by atoms with Crippen LogP contribution in [0, 0.1) is 0 Å². The van der Waals surface area contributed by atoms with Crippen LogP contribution in [0.1, 0.15) is 187 Å². The number of ether oxygens (including phenoxy) is 4. The number of carbonyl (C=O) groups excluding carboxylic acids is 2. The van der Waals surface area contributed by atoms with Crippen molar-refractivity contribution in [2.75, 3.05) is 19.0 Å². The minimum absolute atomic E-state index is 0.147. The maximum absolute atomic E-state index is 12.8. The van der Waals surface area contributed by atoms with Gasteiger partial charge in [-0.15, -0.1) is 0 Å². The zero-order valence-electron chi connectivity index (χ0n) is 36.6. The Morgan fingerprint density at radius 1 is 0.576 bits per heavy atom. The van der Waals surface area contributed by atoms with Crippen LogP contribution in [0.3, 0.4) is 0 Å². The lowest BCUT2D eigenvalue weighted by molar-refractivity contribution is -0.297. The lowest BCUT2D eigenvalue weighted by atomic mass is 10.00. The molecule has 4 N–H and O–H groups in total. The minimum Gasteiger partial charge on any atom is -0.462 e. The van der Waals surface area contributed by atoms with Crippen LogP contribution in [0.15, 0.2) is 36.5 Å². The summed E-state index contributed by atoms with van der Waals surface area (Å²) in [5, 5.41) is 30.9. The fourth-order valence-electron chi connectivity index (χ4n) is 6.82. The van der Waals surface area contributed by atoms with Gasteiger partial charge in [-0.2, -0.15) is 8.42 Å². The maximum atomic E-state index is 12.8. The first kappa shape index (κ1) is 54.9. The summed E-state index contributed by atoms with van der Waals surface area (Å²) in [4.78, 5) is 25.4. The van der Waals surface area contributed by atoms with Crippen molar-refractivity contribution in [3.05, 3.63) is 36.5 Å². The highest BCUT2D eigenvalue weighted by Crippen LogP contribution is 2.24. The monoisotopic (exact) mass is 859 g/mol. The molecule has 1 fully saturated rings. The van der Waals surface area contributed by atoms with E-state index < -0.39 is 71.2 Å². The van der Waals surface area contributed by atoms with Crippen LogP contribution in [-0.4, -0.2) is 96.0 Å². The van der Waals surface area contributed by atoms with Crippen LogP contribution in [0.2, 0.25) is 0 Å². The molecule has 1 aliphatic heterocycles. The van der Waals surface area contributed by atoms with Crippen LogP contribution in [-0.2, 0) is 38.7 Å². The van der Waals surface area contributed by atoms with Gasteiger partial charge in [0, 0.05) is 12.8 Å². The summed E-state index contributed by atoms with van der Waals surface area (Å²) in [5.41, 5.74) is 0. The first-order valence-electron chi connectivity index (χ1n) is 23.0. The van der Waals surface area contributed by atoms with Crippen molar-refractivity contribution in [3.63, 3.8) is 0 Å². The lowest BCUT2D eigenvalue weighted by Gasteiger charge is -2.40. The summed E-state index contributed by atoms with van der Waals surface area (Å²) in [7, 11) is -4.60. The number of esters is 2. The molecule has 0 bridgehead atoms. The van der Waals surface area contributed by atoms with Gasteiger partial charge >= 0.3 is 11.9 Å². The fraction of sp³-hybridized carbons (Fsp3) is 0.826. The van der Waals surface area contributed by atoms with Crippen LogP contribution < -0.4 is 0 Å². The number of unbranched alkanes of at least 4 members (excludes halogenated alkanes) is 20. The third-order valence-electron chi connectivity index (χ3n) is 10.4. The highest BCUT2D eigenvalue weighted by molar-refractivity contribution is 7.85. The van der Waals surface area contributed by atoms with Crippen molar-refractivity contribution in [3.8, 4) is 0 Å². The highest BCUT2D eigenvalue weighted by Gasteiger charge is 2.46. The van der Waals surface area contributed by atoms with Gasteiger partial charge in [-0.1, -0.05) is 140 Å². The smallest absolute Gasteiger partial charge is 0.306 e. The number of hydrogen-bond donors (Lipinski definition) is 4. The number of carbonyl (C=O) groups is 2. The first-order chi connectivity index (χ1) is 28.5. The van der Waals surface area contributed by atoms with Gasteiger partial charge < -0.3 is 34.3 Å². The molecule has 0 saturated carbocycles. The van der Waals surface area contributed by atoms with E-state index in [9.17, 15) is 37.9 Å². The van der Waals surface area contributed by atoms with Crippen molar-refractivity contribution < 1.29 is 56.8 Å². The lowest BCUT2D eigenvalue weighted by Crippen LogP contribution is -2.60. The Balaban J connectivity index is 2.46. The molecule has 1 aliphatic rings. The molecule has 0 aromatic rings. The quantitative estimate of drug-likeness (QED) is 0.0200. The Morgan fingerprint density at radius 2 is 1.02 bits per heavy atom. The van der Waals surface area contributed by atoms with Crippen molar-refractivity contribution in [2.24, 2.45) is 0 Å². The Hall–Kier alpha value is -2.13. The van der Waals surface area contributed by atoms with E-state index in [0.29, 0.717) is 12.8 Å². The Morgan fingerprint density at radius 3 is 1.53 bits per heavy atom. The normalized spacial score (nSPS) is 20.5. The molecule has 6 unspecified atom stereocenters. The van der Waals surface area contributed by atoms with Crippen LogP contribution in [0.4, 0.5) is 0 Å². The first-order valence-corrected chi connectivity index (χ1v) is 24.7. The molecule has 1 heterocycles. The van der Waals surface area contributed by atoms with Crippen molar-refractivity contribution >= 4 is 22.1 Å². The zero-order valence-corrected chi connectivity index (χ0v) is 37.4. The van der Waals surface area contributed by atoms with E-state index in [-0.39, 0.29) is 19.4 Å². The highest BCUT2D eigenvalue weighted by atomic mass is 32.2. The molecular weight excluding hydrogens is 777 g/mol. The van der Waals surface area contributed by atoms with E-state index in [4.69, 9.17) is 18.9 Å². The largest absolute Gasteiger partial charge is 0.462 e. The second kappa shape index (κ2) is 36.5. The molecule has 6 atom stereocenters. The molecule has 59 heavy (non-hydrogen) atoms. The number of aliphatic hydroxyl groups excluding tert-OH is 3. The number of hydrogen-bond acceptors (Lipinski definition) is 11. The third kappa shape index (κ3) is 31.4. The average molecular weight is 859 g/mol. The van der Waals surface area contributed by atoms with E-state index >= 15 is 0 Å². The van der Waals surface area contributed by atoms with E-state index in [1.165, 1.54) is 64.2 Å². The van der Waals surface area contributed by atoms with E-state index in [1.54, 1.807) is 0 Å². The molecule has 0 spiro atoms. The summed E-state index contributed by atoms with van der Waals surface area (Å²) in [6.45, 7) is 3.72. The van der Waals surface area contributed by atoms with Crippen LogP contribution in [0.5, 0.6) is 0 Å². The molecule has 12 nitrogen and oxygen atoms in total. The van der Waals surface area contributed by atoms with Gasteiger partial charge in [-0.25, -0.2) is 0 Å². The topological polar surface area (TPSA) is 186 Å². The Labute approximate surface area is 357 Å². The zero-order chi connectivity index (χ0) is 43.4. The third-order valence-corrected chi connectivity index (χ3v) is 11.2. The van der Waals surface area contributed by atoms with E-state index in [0.717, 1.165) is 83.5 Å². The summed E-state index contributed by atoms with van der Waals surface area (Å²) in [5.74, 6) is -2.01. The molecule has 1 saturated heterocycles. The predicted molar refractivity (Wildman–Crippen MR) is 233 cm³/mol. The van der Waals surface area contributed by atoms with Crippen LogP contribution in [0.25, 0.3) is 0 Å². The molecule has 0 amide bonds. The summed E-state index contributed by atoms with van der Waals surface area (Å²) < 4.78 is 54.0. The molecule has 0 aliphatic carbocycles. The Kier molecular flexibility index (Phi) is 34.0. The minimum atomic E-state index is -4.60. The summed E-state index contributed by atoms with van der Waals surface area (Å²) in [6.07, 6.45) is 31.8. The fourth-order valence-corrected chi connectivity index (χ4v) is 7.51. The predicted octanol–water partition coefficient (Wildman–Crippen LogP) is 9.39. The number of allylic oxidation sites excluding steroid dienone is 6. The van der Waals surface area contributed by atoms with Gasteiger partial charge in [0.15, 0.2) is 12.4 Å². The van der Waals surface area contributed by atoms with Gasteiger partial charge in [0.25, 0.3) is 10.1 Å². The molecule has 0 aromatic carbocycles. The molecular formula is C46H82O12S. The SMILES string of the molecule is CCCCCC/C=C\C/C=C\CCCCCCCC(=O)OC(COC(=O)CCCCCCC/C=C\CCCCCCCC)COC1OC(CS(=O)(=O)O)C(O)C(O)C1O. The number of rotatable bonds is 38.